The maximum atomic E-state index is 12.0. The lowest BCUT2D eigenvalue weighted by Gasteiger charge is -2.20. The van der Waals surface area contributed by atoms with Gasteiger partial charge in [0, 0.05) is 12.1 Å². The summed E-state index contributed by atoms with van der Waals surface area (Å²) in [6.45, 7) is 4.76. The van der Waals surface area contributed by atoms with E-state index in [-0.39, 0.29) is 24.5 Å². The highest BCUT2D eigenvalue weighted by atomic mass is 16.3. The number of amides is 1. The summed E-state index contributed by atoms with van der Waals surface area (Å²) in [7, 11) is 4.02. The van der Waals surface area contributed by atoms with E-state index >= 15 is 0 Å². The van der Waals surface area contributed by atoms with Crippen molar-refractivity contribution in [2.75, 3.05) is 20.7 Å². The largest absolute Gasteiger partial charge is 0.394 e. The number of nitrogens with one attached hydrogen (secondary N) is 1. The molecule has 106 valence electrons. The molecule has 0 fully saturated rings. The number of carbonyl (C=O) groups is 1. The zero-order chi connectivity index (χ0) is 14.4. The SMILES string of the molecule is CC(C)[C@@H](CO)NC(=O)c1ccc(CN(C)C)cc1. The van der Waals surface area contributed by atoms with Gasteiger partial charge in [0.1, 0.15) is 0 Å². The maximum absolute atomic E-state index is 12.0. The van der Waals surface area contributed by atoms with Crippen molar-refractivity contribution in [3.05, 3.63) is 35.4 Å². The molecule has 1 atom stereocenters. The van der Waals surface area contributed by atoms with Gasteiger partial charge < -0.3 is 15.3 Å². The van der Waals surface area contributed by atoms with Gasteiger partial charge in [-0.05, 0) is 37.7 Å². The van der Waals surface area contributed by atoms with E-state index in [0.717, 1.165) is 6.54 Å². The fraction of sp³-hybridized carbons (Fsp3) is 0.533. The zero-order valence-electron chi connectivity index (χ0n) is 12.2. The molecule has 4 nitrogen and oxygen atoms in total. The van der Waals surface area contributed by atoms with E-state index in [1.165, 1.54) is 5.56 Å². The summed E-state index contributed by atoms with van der Waals surface area (Å²) >= 11 is 0. The van der Waals surface area contributed by atoms with Crippen molar-refractivity contribution < 1.29 is 9.90 Å². The monoisotopic (exact) mass is 264 g/mol. The van der Waals surface area contributed by atoms with E-state index in [9.17, 15) is 9.90 Å². The van der Waals surface area contributed by atoms with Gasteiger partial charge >= 0.3 is 0 Å². The third kappa shape index (κ3) is 5.01. The third-order valence-electron chi connectivity index (χ3n) is 3.03. The molecule has 0 heterocycles. The number of hydrogen-bond donors (Lipinski definition) is 2. The Kier molecular flexibility index (Phi) is 5.99. The quantitative estimate of drug-likeness (QED) is 0.818. The lowest BCUT2D eigenvalue weighted by Crippen LogP contribution is -2.41. The van der Waals surface area contributed by atoms with Gasteiger partial charge in [-0.25, -0.2) is 0 Å². The van der Waals surface area contributed by atoms with E-state index < -0.39 is 0 Å². The molecule has 4 heteroatoms. The van der Waals surface area contributed by atoms with E-state index in [1.54, 1.807) is 0 Å². The van der Waals surface area contributed by atoms with Crippen LogP contribution in [0.4, 0.5) is 0 Å². The summed E-state index contributed by atoms with van der Waals surface area (Å²) in [5.74, 6) is 0.0751. The number of rotatable bonds is 6. The molecule has 1 aromatic rings. The molecule has 19 heavy (non-hydrogen) atoms. The molecule has 0 aromatic heterocycles. The first-order valence-electron chi connectivity index (χ1n) is 6.59. The first-order valence-corrected chi connectivity index (χ1v) is 6.59. The van der Waals surface area contributed by atoms with Crippen LogP contribution in [0.1, 0.15) is 29.8 Å². The minimum Gasteiger partial charge on any atom is -0.394 e. The molecule has 1 aromatic carbocycles. The number of aliphatic hydroxyl groups excluding tert-OH is 1. The fourth-order valence-corrected chi connectivity index (χ4v) is 1.80. The van der Waals surface area contributed by atoms with Crippen molar-refractivity contribution in [3.8, 4) is 0 Å². The molecule has 0 spiro atoms. The van der Waals surface area contributed by atoms with Crippen LogP contribution in [0, 0.1) is 5.92 Å². The number of hydrogen-bond acceptors (Lipinski definition) is 3. The van der Waals surface area contributed by atoms with Gasteiger partial charge in [0.25, 0.3) is 5.91 Å². The molecule has 0 radical (unpaired) electrons. The van der Waals surface area contributed by atoms with Gasteiger partial charge in [-0.3, -0.25) is 4.79 Å². The highest BCUT2D eigenvalue weighted by molar-refractivity contribution is 5.94. The van der Waals surface area contributed by atoms with E-state index in [0.29, 0.717) is 5.56 Å². The molecule has 0 saturated carbocycles. The first-order chi connectivity index (χ1) is 8.93. The van der Waals surface area contributed by atoms with Crippen molar-refractivity contribution in [2.24, 2.45) is 5.92 Å². The third-order valence-corrected chi connectivity index (χ3v) is 3.03. The fourth-order valence-electron chi connectivity index (χ4n) is 1.80. The van der Waals surface area contributed by atoms with Crippen LogP contribution in [0.15, 0.2) is 24.3 Å². The van der Waals surface area contributed by atoms with Crippen LogP contribution in [0.5, 0.6) is 0 Å². The van der Waals surface area contributed by atoms with Crippen molar-refractivity contribution >= 4 is 5.91 Å². The summed E-state index contributed by atoms with van der Waals surface area (Å²) in [6.07, 6.45) is 0. The first kappa shape index (κ1) is 15.7. The summed E-state index contributed by atoms with van der Waals surface area (Å²) in [5.41, 5.74) is 1.80. The summed E-state index contributed by atoms with van der Waals surface area (Å²) in [4.78, 5) is 14.1. The smallest absolute Gasteiger partial charge is 0.251 e. The van der Waals surface area contributed by atoms with E-state index in [1.807, 2.05) is 52.2 Å². The Balaban J connectivity index is 2.67. The van der Waals surface area contributed by atoms with Gasteiger partial charge in [0.05, 0.1) is 12.6 Å². The topological polar surface area (TPSA) is 52.6 Å². The average molecular weight is 264 g/mol. The predicted octanol–water partition coefficient (Wildman–Crippen LogP) is 1.49. The number of aliphatic hydroxyl groups is 1. The molecule has 0 saturated heterocycles. The molecule has 0 aliphatic carbocycles. The molecule has 0 aliphatic heterocycles. The Morgan fingerprint density at radius 1 is 1.26 bits per heavy atom. The minimum atomic E-state index is -0.200. The van der Waals surface area contributed by atoms with Crippen molar-refractivity contribution in [2.45, 2.75) is 26.4 Å². The summed E-state index contributed by atoms with van der Waals surface area (Å²) < 4.78 is 0. The normalized spacial score (nSPS) is 12.8. The van der Waals surface area contributed by atoms with Crippen LogP contribution < -0.4 is 5.32 Å². The Morgan fingerprint density at radius 2 is 1.84 bits per heavy atom. The highest BCUT2D eigenvalue weighted by Crippen LogP contribution is 2.08. The Labute approximate surface area is 115 Å². The van der Waals surface area contributed by atoms with Gasteiger partial charge in [-0.15, -0.1) is 0 Å². The second kappa shape index (κ2) is 7.26. The molecule has 0 bridgehead atoms. The van der Waals surface area contributed by atoms with Crippen LogP contribution in [0.25, 0.3) is 0 Å². The number of carbonyl (C=O) groups excluding carboxylic acids is 1. The number of benzene rings is 1. The summed E-state index contributed by atoms with van der Waals surface area (Å²) in [5, 5.41) is 12.1. The second-order valence-corrected chi connectivity index (χ2v) is 5.44. The Bertz CT molecular complexity index is 399. The van der Waals surface area contributed by atoms with E-state index in [2.05, 4.69) is 10.2 Å². The molecule has 1 amide bonds. The van der Waals surface area contributed by atoms with Crippen molar-refractivity contribution in [1.82, 2.24) is 10.2 Å². The molecule has 2 N–H and O–H groups in total. The van der Waals surface area contributed by atoms with Crippen LogP contribution >= 0.6 is 0 Å². The van der Waals surface area contributed by atoms with Gasteiger partial charge in [0.15, 0.2) is 0 Å². The lowest BCUT2D eigenvalue weighted by molar-refractivity contribution is 0.0897. The molecule has 0 unspecified atom stereocenters. The van der Waals surface area contributed by atoms with Crippen molar-refractivity contribution in [3.63, 3.8) is 0 Å². The molecule has 1 rings (SSSR count). The zero-order valence-corrected chi connectivity index (χ0v) is 12.2. The van der Waals surface area contributed by atoms with Gasteiger partial charge in [0.2, 0.25) is 0 Å². The van der Waals surface area contributed by atoms with Gasteiger partial charge in [-0.1, -0.05) is 26.0 Å². The predicted molar refractivity (Wildman–Crippen MR) is 77.0 cm³/mol. The lowest BCUT2D eigenvalue weighted by atomic mass is 10.0. The molecular formula is C15H24N2O2. The Hall–Kier alpha value is -1.39. The van der Waals surface area contributed by atoms with Crippen LogP contribution in [0.2, 0.25) is 0 Å². The highest BCUT2D eigenvalue weighted by Gasteiger charge is 2.15. The van der Waals surface area contributed by atoms with Gasteiger partial charge in [-0.2, -0.15) is 0 Å². The minimum absolute atomic E-state index is 0.0396. The summed E-state index contributed by atoms with van der Waals surface area (Å²) in [6, 6.07) is 7.36. The van der Waals surface area contributed by atoms with Crippen LogP contribution in [0.3, 0.4) is 0 Å². The van der Waals surface area contributed by atoms with E-state index in [4.69, 9.17) is 0 Å². The number of nitrogens with zero attached hydrogens (tertiary/aromatic N) is 1. The van der Waals surface area contributed by atoms with Crippen molar-refractivity contribution in [1.29, 1.82) is 0 Å². The second-order valence-electron chi connectivity index (χ2n) is 5.44. The molecular weight excluding hydrogens is 240 g/mol. The molecule has 0 aliphatic rings. The van der Waals surface area contributed by atoms with Crippen LogP contribution in [-0.4, -0.2) is 42.7 Å². The standard InChI is InChI=1S/C15H24N2O2/c1-11(2)14(10-18)16-15(19)13-7-5-12(6-8-13)9-17(3)4/h5-8,11,14,18H,9-10H2,1-4H3,(H,16,19)/t14-/m1/s1. The van der Waals surface area contributed by atoms with Crippen LogP contribution in [-0.2, 0) is 6.54 Å². The maximum Gasteiger partial charge on any atom is 0.251 e. The average Bonchev–Trinajstić information content (AvgIpc) is 2.35. The Morgan fingerprint density at radius 3 is 2.26 bits per heavy atom.